The Kier molecular flexibility index (Phi) is 6.84. The van der Waals surface area contributed by atoms with Crippen LogP contribution in [0.2, 0.25) is 0 Å². The lowest BCUT2D eigenvalue weighted by molar-refractivity contribution is -2.00. The molecule has 7 nitrogen and oxygen atoms in total. The number of carbonyl (C=O) groups excluding carboxylic acids is 1. The smallest absolute Gasteiger partial charge is 0.259 e. The number of rotatable bonds is 3. The van der Waals surface area contributed by atoms with Crippen molar-refractivity contribution in [2.45, 2.75) is 6.04 Å². The molecule has 0 fully saturated rings. The average molecular weight is 441 g/mol. The molecule has 0 aliphatic carbocycles. The molecule has 0 radical (unpaired) electrons. The second-order valence-electron chi connectivity index (χ2n) is 7.10. The molecule has 1 atom stereocenters. The molecule has 0 amide bonds. The van der Waals surface area contributed by atoms with Crippen molar-refractivity contribution >= 4 is 17.5 Å². The molecule has 3 aromatic rings. The van der Waals surface area contributed by atoms with E-state index in [2.05, 4.69) is 45.9 Å². The number of Topliss-reactive ketones (excluding diaryl/α,β-unsaturated/α-hetero) is 1. The first-order chi connectivity index (χ1) is 14.6. The van der Waals surface area contributed by atoms with E-state index in [-0.39, 0.29) is 11.8 Å². The van der Waals surface area contributed by atoms with Crippen molar-refractivity contribution in [3.05, 3.63) is 101 Å². The van der Waals surface area contributed by atoms with Crippen LogP contribution >= 0.6 is 0 Å². The number of nitrogens with zero attached hydrogens (tertiary/aromatic N) is 2. The van der Waals surface area contributed by atoms with Crippen LogP contribution in [0.3, 0.4) is 0 Å². The van der Waals surface area contributed by atoms with Crippen molar-refractivity contribution in [3.63, 3.8) is 0 Å². The molecule has 31 heavy (non-hydrogen) atoms. The van der Waals surface area contributed by atoms with E-state index in [0.29, 0.717) is 0 Å². The first-order valence-corrected chi connectivity index (χ1v) is 10.6. The van der Waals surface area contributed by atoms with Crippen LogP contribution in [-0.4, -0.2) is 19.9 Å². The normalized spacial score (nSPS) is 16.5. The van der Waals surface area contributed by atoms with Crippen LogP contribution in [0.15, 0.2) is 84.6 Å². The van der Waals surface area contributed by atoms with Crippen LogP contribution in [0.5, 0.6) is 0 Å². The summed E-state index contributed by atoms with van der Waals surface area (Å²) >= 11 is 0. The van der Waals surface area contributed by atoms with Crippen LogP contribution in [0, 0.1) is 10.2 Å². The lowest BCUT2D eigenvalue weighted by atomic mass is 9.96. The molecule has 0 bridgehead atoms. The Labute approximate surface area is 182 Å². The third-order valence-electron chi connectivity index (χ3n) is 4.80. The number of benzene rings is 2. The second-order valence-corrected chi connectivity index (χ2v) is 7.86. The van der Waals surface area contributed by atoms with E-state index in [0.717, 1.165) is 28.1 Å². The van der Waals surface area contributed by atoms with Gasteiger partial charge < -0.3 is 4.90 Å². The van der Waals surface area contributed by atoms with E-state index in [1.807, 2.05) is 62.8 Å². The summed E-state index contributed by atoms with van der Waals surface area (Å²) in [6.45, 7) is 0. The van der Waals surface area contributed by atoms with Gasteiger partial charge in [0, 0.05) is 37.5 Å². The summed E-state index contributed by atoms with van der Waals surface area (Å²) in [5, 5.41) is 0. The standard InChI is InChI=1S/C23H21N2O.ClHO4/c1-24(2)19-13-11-17(12-14-19)16-20-22(18-8-4-3-5-9-18)25-15-7-6-10-21(25)23(20)26;2-1(3,4)5/h3-16,22H,1-2H3;(H,2,3,4,5)/q+1;/p-1/b20-16-;. The molecule has 2 aromatic carbocycles. The maximum absolute atomic E-state index is 13.1. The Bertz CT molecular complexity index is 1070. The predicted molar refractivity (Wildman–Crippen MR) is 104 cm³/mol. The summed E-state index contributed by atoms with van der Waals surface area (Å²) in [5.41, 5.74) is 4.83. The molecule has 2 heterocycles. The minimum atomic E-state index is -4.94. The fourth-order valence-corrected chi connectivity index (χ4v) is 3.46. The number of allylic oxidation sites excluding steroid dienone is 1. The fourth-order valence-electron chi connectivity index (χ4n) is 3.46. The lowest BCUT2D eigenvalue weighted by Crippen LogP contribution is -2.68. The molecule has 0 saturated carbocycles. The van der Waals surface area contributed by atoms with Gasteiger partial charge in [-0.1, -0.05) is 42.5 Å². The maximum atomic E-state index is 13.1. The van der Waals surface area contributed by atoms with Gasteiger partial charge in [0.1, 0.15) is 0 Å². The Morgan fingerprint density at radius 1 is 0.871 bits per heavy atom. The Balaban J connectivity index is 0.000000491. The number of hydrogen-bond acceptors (Lipinski definition) is 6. The van der Waals surface area contributed by atoms with Crippen LogP contribution < -0.4 is 28.1 Å². The third-order valence-corrected chi connectivity index (χ3v) is 4.80. The highest BCUT2D eigenvalue weighted by Crippen LogP contribution is 2.31. The number of pyridine rings is 1. The summed E-state index contributed by atoms with van der Waals surface area (Å²) < 4.78 is 36.0. The average Bonchev–Trinajstić information content (AvgIpc) is 3.00. The predicted octanol–water partition coefficient (Wildman–Crippen LogP) is -0.847. The van der Waals surface area contributed by atoms with Crippen molar-refractivity contribution in [2.75, 3.05) is 19.0 Å². The maximum Gasteiger partial charge on any atom is 0.259 e. The van der Waals surface area contributed by atoms with Gasteiger partial charge in [-0.15, -0.1) is 10.2 Å². The summed E-state index contributed by atoms with van der Waals surface area (Å²) in [7, 11) is -0.903. The van der Waals surface area contributed by atoms with Gasteiger partial charge in [-0.25, -0.2) is 18.6 Å². The molecule has 8 heteroatoms. The van der Waals surface area contributed by atoms with E-state index >= 15 is 0 Å². The molecule has 1 unspecified atom stereocenters. The van der Waals surface area contributed by atoms with Gasteiger partial charge in [0.25, 0.3) is 11.5 Å². The largest absolute Gasteiger partial charge is 0.378 e. The summed E-state index contributed by atoms with van der Waals surface area (Å²) in [4.78, 5) is 15.1. The van der Waals surface area contributed by atoms with E-state index in [1.54, 1.807) is 0 Å². The number of halogens is 1. The van der Waals surface area contributed by atoms with Gasteiger partial charge in [0.2, 0.25) is 6.04 Å². The summed E-state index contributed by atoms with van der Waals surface area (Å²) in [6.07, 6.45) is 4.01. The Morgan fingerprint density at radius 2 is 1.45 bits per heavy atom. The number of hydrogen-bond donors (Lipinski definition) is 0. The number of aromatic nitrogens is 1. The van der Waals surface area contributed by atoms with Crippen molar-refractivity contribution in [1.82, 2.24) is 0 Å². The van der Waals surface area contributed by atoms with E-state index < -0.39 is 10.2 Å². The van der Waals surface area contributed by atoms with Gasteiger partial charge in [-0.3, -0.25) is 4.79 Å². The lowest BCUT2D eigenvalue weighted by Gasteiger charge is -2.17. The van der Waals surface area contributed by atoms with E-state index in [4.69, 9.17) is 18.6 Å². The van der Waals surface area contributed by atoms with Gasteiger partial charge >= 0.3 is 0 Å². The van der Waals surface area contributed by atoms with Crippen molar-refractivity contribution in [1.29, 1.82) is 0 Å². The molecule has 0 saturated heterocycles. The molecule has 4 rings (SSSR count). The highest BCUT2D eigenvalue weighted by atomic mass is 35.7. The van der Waals surface area contributed by atoms with E-state index in [9.17, 15) is 4.79 Å². The number of carbonyl (C=O) groups is 1. The molecule has 0 N–H and O–H groups in total. The second kappa shape index (κ2) is 9.38. The molecular formula is C23H21ClN2O5. The molecule has 0 spiro atoms. The number of ketones is 1. The highest BCUT2D eigenvalue weighted by molar-refractivity contribution is 6.11. The first kappa shape index (κ1) is 22.6. The molecular weight excluding hydrogens is 420 g/mol. The van der Waals surface area contributed by atoms with Gasteiger partial charge in [-0.2, -0.15) is 4.57 Å². The molecule has 1 aliphatic rings. The van der Waals surface area contributed by atoms with Crippen molar-refractivity contribution < 1.29 is 38.2 Å². The Hall–Kier alpha value is -3.07. The van der Waals surface area contributed by atoms with Gasteiger partial charge in [0.05, 0.1) is 5.57 Å². The zero-order chi connectivity index (χ0) is 22.6. The molecule has 1 aliphatic heterocycles. The zero-order valence-electron chi connectivity index (χ0n) is 17.0. The van der Waals surface area contributed by atoms with Gasteiger partial charge in [-0.05, 0) is 29.8 Å². The molecule has 160 valence electrons. The van der Waals surface area contributed by atoms with Crippen LogP contribution in [-0.2, 0) is 0 Å². The minimum absolute atomic E-state index is 0.0894. The minimum Gasteiger partial charge on any atom is -0.378 e. The summed E-state index contributed by atoms with van der Waals surface area (Å²) in [6, 6.07) is 24.2. The van der Waals surface area contributed by atoms with Crippen LogP contribution in [0.25, 0.3) is 6.08 Å². The number of fused-ring (bicyclic) bond motifs is 1. The van der Waals surface area contributed by atoms with Gasteiger partial charge in [0.15, 0.2) is 6.20 Å². The SMILES string of the molecule is CN(C)c1ccc(/C=C2\C(=O)c3cccc[n+]3C2c2ccccc2)cc1.[O-][Cl+3]([O-])([O-])[O-]. The zero-order valence-corrected chi connectivity index (χ0v) is 17.7. The third kappa shape index (κ3) is 5.75. The highest BCUT2D eigenvalue weighted by Gasteiger charge is 2.43. The quantitative estimate of drug-likeness (QED) is 0.387. The molecule has 1 aromatic heterocycles. The topological polar surface area (TPSA) is 116 Å². The fraction of sp³-hybridized carbons (Fsp3) is 0.130. The van der Waals surface area contributed by atoms with Crippen molar-refractivity contribution in [2.24, 2.45) is 0 Å². The van der Waals surface area contributed by atoms with Crippen LogP contribution in [0.1, 0.15) is 27.7 Å². The van der Waals surface area contributed by atoms with Crippen LogP contribution in [0.4, 0.5) is 5.69 Å². The number of anilines is 1. The summed E-state index contributed by atoms with van der Waals surface area (Å²) in [5.74, 6) is 0.0936. The first-order valence-electron chi connectivity index (χ1n) is 9.35. The van der Waals surface area contributed by atoms with Crippen molar-refractivity contribution in [3.8, 4) is 0 Å². The monoisotopic (exact) mass is 440 g/mol. The Morgan fingerprint density at radius 3 is 2.03 bits per heavy atom. The van der Waals surface area contributed by atoms with E-state index in [1.165, 1.54) is 0 Å².